The molecule has 0 aliphatic rings. The van der Waals surface area contributed by atoms with E-state index in [2.05, 4.69) is 10.5 Å². The maximum atomic E-state index is 11.2. The molecule has 0 bridgehead atoms. The van der Waals surface area contributed by atoms with Crippen LogP contribution in [0, 0.1) is 0 Å². The van der Waals surface area contributed by atoms with Crippen LogP contribution in [0.15, 0.2) is 64.1 Å². The van der Waals surface area contributed by atoms with Gasteiger partial charge in [0.15, 0.2) is 0 Å². The quantitative estimate of drug-likeness (QED) is 0.465. The number of nitrogens with zero attached hydrogens (tertiary/aromatic N) is 1. The molecule has 0 radical (unpaired) electrons. The lowest BCUT2D eigenvalue weighted by Gasteiger charge is -2.06. The number of nitrogens with one attached hydrogen (secondary N) is 1. The minimum atomic E-state index is -1.09. The number of hydrogen-bond donors (Lipinski definition) is 2. The monoisotopic (exact) mass is 384 g/mol. The summed E-state index contributed by atoms with van der Waals surface area (Å²) >= 11 is 5.89. The molecule has 3 aromatic rings. The predicted molar refractivity (Wildman–Crippen MR) is 104 cm³/mol. The van der Waals surface area contributed by atoms with Crippen molar-refractivity contribution in [1.29, 1.82) is 0 Å². The molecule has 138 valence electrons. The summed E-state index contributed by atoms with van der Waals surface area (Å²) in [6.45, 7) is 0.507. The summed E-state index contributed by atoms with van der Waals surface area (Å²) in [7, 11) is 1.62. The van der Waals surface area contributed by atoms with Crippen molar-refractivity contribution in [3.8, 4) is 17.1 Å². The van der Waals surface area contributed by atoms with Gasteiger partial charge in [-0.25, -0.2) is 4.79 Å². The van der Waals surface area contributed by atoms with Gasteiger partial charge in [0, 0.05) is 11.1 Å². The Hall–Kier alpha value is -3.25. The Morgan fingerprint density at radius 3 is 2.85 bits per heavy atom. The van der Waals surface area contributed by atoms with Gasteiger partial charge >= 0.3 is 5.97 Å². The summed E-state index contributed by atoms with van der Waals surface area (Å²) in [5.41, 5.74) is 4.58. The van der Waals surface area contributed by atoms with Crippen LogP contribution in [0.25, 0.3) is 11.3 Å². The van der Waals surface area contributed by atoms with Crippen molar-refractivity contribution in [3.05, 3.63) is 76.5 Å². The number of methoxy groups -OCH3 is 1. The first-order chi connectivity index (χ1) is 13.1. The third-order valence-corrected chi connectivity index (χ3v) is 4.18. The minimum Gasteiger partial charge on any atom is -0.496 e. The van der Waals surface area contributed by atoms with Gasteiger partial charge in [0.05, 0.1) is 30.5 Å². The summed E-state index contributed by atoms with van der Waals surface area (Å²) in [5, 5.41) is 13.5. The predicted octanol–water partition coefficient (Wildman–Crippen LogP) is 4.43. The molecule has 0 spiro atoms. The van der Waals surface area contributed by atoms with Gasteiger partial charge in [0.1, 0.15) is 17.3 Å². The fourth-order valence-corrected chi connectivity index (χ4v) is 2.71. The van der Waals surface area contributed by atoms with Crippen LogP contribution in [0.4, 0.5) is 0 Å². The molecule has 27 heavy (non-hydrogen) atoms. The van der Waals surface area contributed by atoms with Gasteiger partial charge in [-0.3, -0.25) is 0 Å². The van der Waals surface area contributed by atoms with Crippen molar-refractivity contribution in [2.75, 3.05) is 7.11 Å². The van der Waals surface area contributed by atoms with Gasteiger partial charge in [0.25, 0.3) is 0 Å². The topological polar surface area (TPSA) is 84.1 Å². The molecule has 1 heterocycles. The molecule has 0 fully saturated rings. The maximum absolute atomic E-state index is 11.2. The van der Waals surface area contributed by atoms with Crippen molar-refractivity contribution < 1.29 is 19.1 Å². The molecule has 0 unspecified atom stereocenters. The average Bonchev–Trinajstić information content (AvgIpc) is 3.14. The molecule has 6 nitrogen and oxygen atoms in total. The van der Waals surface area contributed by atoms with Crippen LogP contribution < -0.4 is 10.2 Å². The number of halogens is 1. The zero-order valence-electron chi connectivity index (χ0n) is 14.5. The zero-order valence-corrected chi connectivity index (χ0v) is 15.2. The summed E-state index contributed by atoms with van der Waals surface area (Å²) < 4.78 is 11.0. The number of rotatable bonds is 7. The van der Waals surface area contributed by atoms with Crippen molar-refractivity contribution in [3.63, 3.8) is 0 Å². The minimum absolute atomic E-state index is 0.0271. The van der Waals surface area contributed by atoms with Crippen LogP contribution >= 0.6 is 11.6 Å². The van der Waals surface area contributed by atoms with Gasteiger partial charge in [-0.1, -0.05) is 29.8 Å². The van der Waals surface area contributed by atoms with E-state index in [0.717, 1.165) is 11.3 Å². The Morgan fingerprint density at radius 2 is 2.07 bits per heavy atom. The van der Waals surface area contributed by atoms with Gasteiger partial charge in [-0.05, 0) is 36.4 Å². The number of para-hydroxylation sites is 1. The van der Waals surface area contributed by atoms with E-state index in [0.29, 0.717) is 23.6 Å². The zero-order chi connectivity index (χ0) is 19.2. The van der Waals surface area contributed by atoms with Gasteiger partial charge < -0.3 is 19.7 Å². The smallest absolute Gasteiger partial charge is 0.337 e. The Labute approximate surface area is 161 Å². The van der Waals surface area contributed by atoms with Crippen molar-refractivity contribution in [2.24, 2.45) is 5.10 Å². The van der Waals surface area contributed by atoms with E-state index in [-0.39, 0.29) is 10.6 Å². The number of furan rings is 1. The van der Waals surface area contributed by atoms with Crippen LogP contribution in [0.2, 0.25) is 5.02 Å². The Morgan fingerprint density at radius 1 is 1.26 bits per heavy atom. The molecule has 0 amide bonds. The van der Waals surface area contributed by atoms with E-state index in [1.807, 2.05) is 24.3 Å². The number of aromatic carboxylic acids is 1. The number of carboxylic acids is 1. The molecule has 0 atom stereocenters. The first-order valence-electron chi connectivity index (χ1n) is 8.09. The average molecular weight is 385 g/mol. The fraction of sp³-hybridized carbons (Fsp3) is 0.100. The SMILES string of the molecule is COc1ccccc1CN/N=C\c1ccc(-c2ccc(Cl)c(C(=O)O)c2)o1. The first kappa shape index (κ1) is 18.5. The second kappa shape index (κ2) is 8.42. The summed E-state index contributed by atoms with van der Waals surface area (Å²) in [4.78, 5) is 11.2. The van der Waals surface area contributed by atoms with Crippen molar-refractivity contribution >= 4 is 23.8 Å². The van der Waals surface area contributed by atoms with E-state index in [1.54, 1.807) is 31.5 Å². The van der Waals surface area contributed by atoms with Crippen LogP contribution in [-0.4, -0.2) is 24.4 Å². The molecule has 7 heteroatoms. The molecule has 2 aromatic carbocycles. The summed E-state index contributed by atoms with van der Waals surface area (Å²) in [6.07, 6.45) is 1.55. The molecule has 3 rings (SSSR count). The highest BCUT2D eigenvalue weighted by atomic mass is 35.5. The van der Waals surface area contributed by atoms with E-state index >= 15 is 0 Å². The number of hydrogen-bond acceptors (Lipinski definition) is 5. The van der Waals surface area contributed by atoms with Crippen LogP contribution in [0.5, 0.6) is 5.75 Å². The molecule has 0 aliphatic heterocycles. The molecule has 0 saturated heterocycles. The lowest BCUT2D eigenvalue weighted by Crippen LogP contribution is -2.06. The molecule has 1 aromatic heterocycles. The molecule has 2 N–H and O–H groups in total. The summed E-state index contributed by atoms with van der Waals surface area (Å²) in [6, 6.07) is 15.9. The molecular formula is C20H17ClN2O4. The maximum Gasteiger partial charge on any atom is 0.337 e. The van der Waals surface area contributed by atoms with Crippen LogP contribution in [0.3, 0.4) is 0 Å². The first-order valence-corrected chi connectivity index (χ1v) is 8.47. The standard InChI is InChI=1S/C20H17ClN2O4/c1-26-18-5-3-2-4-14(18)11-22-23-12-15-7-9-19(27-15)13-6-8-17(21)16(10-13)20(24)25/h2-10,12,22H,11H2,1H3,(H,24,25)/b23-12-. The highest BCUT2D eigenvalue weighted by Crippen LogP contribution is 2.26. The molecule has 0 aliphatic carbocycles. The third kappa shape index (κ3) is 4.48. The van der Waals surface area contributed by atoms with Crippen LogP contribution in [0.1, 0.15) is 21.7 Å². The van der Waals surface area contributed by atoms with Gasteiger partial charge in [0.2, 0.25) is 0 Å². The Kier molecular flexibility index (Phi) is 5.78. The third-order valence-electron chi connectivity index (χ3n) is 3.85. The highest BCUT2D eigenvalue weighted by Gasteiger charge is 2.12. The lowest BCUT2D eigenvalue weighted by atomic mass is 10.1. The molecular weight excluding hydrogens is 368 g/mol. The van der Waals surface area contributed by atoms with E-state index in [9.17, 15) is 4.79 Å². The van der Waals surface area contributed by atoms with E-state index in [1.165, 1.54) is 12.1 Å². The molecule has 0 saturated carbocycles. The second-order valence-electron chi connectivity index (χ2n) is 5.61. The van der Waals surface area contributed by atoms with E-state index < -0.39 is 5.97 Å². The van der Waals surface area contributed by atoms with Gasteiger partial charge in [-0.15, -0.1) is 0 Å². The Bertz CT molecular complexity index is 982. The number of ether oxygens (including phenoxy) is 1. The normalized spacial score (nSPS) is 10.9. The van der Waals surface area contributed by atoms with Gasteiger partial charge in [-0.2, -0.15) is 5.10 Å². The number of carboxylic acid groups (broad SMARTS) is 1. The highest BCUT2D eigenvalue weighted by molar-refractivity contribution is 6.33. The van der Waals surface area contributed by atoms with E-state index in [4.69, 9.17) is 25.9 Å². The lowest BCUT2D eigenvalue weighted by molar-refractivity contribution is 0.0697. The van der Waals surface area contributed by atoms with Crippen molar-refractivity contribution in [2.45, 2.75) is 6.54 Å². The number of carbonyl (C=O) groups is 1. The fourth-order valence-electron chi connectivity index (χ4n) is 2.51. The number of benzene rings is 2. The largest absolute Gasteiger partial charge is 0.496 e. The van der Waals surface area contributed by atoms with Crippen LogP contribution in [-0.2, 0) is 6.54 Å². The second-order valence-corrected chi connectivity index (χ2v) is 6.01. The number of hydrazone groups is 1. The Balaban J connectivity index is 1.67. The summed E-state index contributed by atoms with van der Waals surface area (Å²) in [5.74, 6) is 0.762. The van der Waals surface area contributed by atoms with Crippen molar-refractivity contribution in [1.82, 2.24) is 5.43 Å².